The lowest BCUT2D eigenvalue weighted by Crippen LogP contribution is -2.48. The highest BCUT2D eigenvalue weighted by molar-refractivity contribution is 5.87. The third-order valence-electron chi connectivity index (χ3n) is 4.24. The van der Waals surface area contributed by atoms with Gasteiger partial charge in [0.05, 0.1) is 0 Å². The van der Waals surface area contributed by atoms with Gasteiger partial charge in [0, 0.05) is 13.6 Å². The summed E-state index contributed by atoms with van der Waals surface area (Å²) in [5, 5.41) is 2.55. The number of hydrogen-bond acceptors (Lipinski definition) is 3. The molecule has 1 atom stereocenters. The Morgan fingerprint density at radius 2 is 1.70 bits per heavy atom. The van der Waals surface area contributed by atoms with Crippen LogP contribution in [0, 0.1) is 19.7 Å². The summed E-state index contributed by atoms with van der Waals surface area (Å²) in [4.78, 5) is 26.3. The van der Waals surface area contributed by atoms with Crippen LogP contribution in [0.5, 0.6) is 5.75 Å². The summed E-state index contributed by atoms with van der Waals surface area (Å²) >= 11 is 0. The average Bonchev–Trinajstić information content (AvgIpc) is 2.63. The van der Waals surface area contributed by atoms with Crippen LogP contribution in [0.1, 0.15) is 23.6 Å². The number of carbonyl (C=O) groups excluding carboxylic acids is 2. The molecule has 0 radical (unpaired) electrons. The molecule has 6 heteroatoms. The molecule has 0 saturated carbocycles. The molecule has 2 rings (SSSR count). The SMILES string of the molecule is CNC(=O)[C@@H](C)N(Cc1ccc(F)cc1)C(=O)COc1cc(C)cc(C)c1. The van der Waals surface area contributed by atoms with Gasteiger partial charge in [-0.2, -0.15) is 0 Å². The second-order valence-corrected chi connectivity index (χ2v) is 6.55. The lowest BCUT2D eigenvalue weighted by molar-refractivity contribution is -0.142. The highest BCUT2D eigenvalue weighted by Crippen LogP contribution is 2.17. The summed E-state index contributed by atoms with van der Waals surface area (Å²) in [6.45, 7) is 5.55. The molecular formula is C21H25FN2O3. The molecule has 0 spiro atoms. The summed E-state index contributed by atoms with van der Waals surface area (Å²) in [5.41, 5.74) is 2.81. The monoisotopic (exact) mass is 372 g/mol. The molecule has 144 valence electrons. The first-order valence-electron chi connectivity index (χ1n) is 8.76. The normalized spacial score (nSPS) is 11.6. The standard InChI is InChI=1S/C21H25FN2O3/c1-14-9-15(2)11-19(10-14)27-13-20(25)24(16(3)21(26)23-4)12-17-5-7-18(22)8-6-17/h5-11,16H,12-13H2,1-4H3,(H,23,26)/t16-/m1/s1. The molecule has 0 unspecified atom stereocenters. The van der Waals surface area contributed by atoms with Crippen molar-refractivity contribution in [2.75, 3.05) is 13.7 Å². The van der Waals surface area contributed by atoms with E-state index >= 15 is 0 Å². The van der Waals surface area contributed by atoms with Crippen molar-refractivity contribution < 1.29 is 18.7 Å². The number of aryl methyl sites for hydroxylation is 2. The van der Waals surface area contributed by atoms with Crippen LogP contribution in [0.2, 0.25) is 0 Å². The molecule has 0 heterocycles. The number of nitrogens with zero attached hydrogens (tertiary/aromatic N) is 1. The molecule has 2 amide bonds. The summed E-state index contributed by atoms with van der Waals surface area (Å²) in [7, 11) is 1.52. The first-order chi connectivity index (χ1) is 12.8. The van der Waals surface area contributed by atoms with Crippen molar-refractivity contribution in [3.05, 3.63) is 65.0 Å². The van der Waals surface area contributed by atoms with E-state index in [1.165, 1.54) is 24.1 Å². The fourth-order valence-corrected chi connectivity index (χ4v) is 2.82. The van der Waals surface area contributed by atoms with Gasteiger partial charge in [0.15, 0.2) is 6.61 Å². The maximum atomic E-state index is 13.1. The zero-order valence-electron chi connectivity index (χ0n) is 16.1. The smallest absolute Gasteiger partial charge is 0.261 e. The van der Waals surface area contributed by atoms with Crippen LogP contribution in [-0.2, 0) is 16.1 Å². The molecule has 27 heavy (non-hydrogen) atoms. The van der Waals surface area contributed by atoms with E-state index in [-0.39, 0.29) is 30.8 Å². The molecule has 0 aromatic heterocycles. The minimum absolute atomic E-state index is 0.184. The Bertz CT molecular complexity index is 785. The number of amides is 2. The maximum absolute atomic E-state index is 13.1. The van der Waals surface area contributed by atoms with Crippen molar-refractivity contribution in [1.29, 1.82) is 0 Å². The van der Waals surface area contributed by atoms with E-state index in [0.29, 0.717) is 5.75 Å². The van der Waals surface area contributed by atoms with Crippen LogP contribution in [0.4, 0.5) is 4.39 Å². The van der Waals surface area contributed by atoms with Gasteiger partial charge in [0.1, 0.15) is 17.6 Å². The quantitative estimate of drug-likeness (QED) is 0.813. The Balaban J connectivity index is 2.14. The van der Waals surface area contributed by atoms with Crippen LogP contribution in [0.15, 0.2) is 42.5 Å². The molecule has 0 aliphatic carbocycles. The fourth-order valence-electron chi connectivity index (χ4n) is 2.82. The van der Waals surface area contributed by atoms with Crippen molar-refractivity contribution in [3.63, 3.8) is 0 Å². The van der Waals surface area contributed by atoms with E-state index in [0.717, 1.165) is 16.7 Å². The molecule has 2 aromatic rings. The summed E-state index contributed by atoms with van der Waals surface area (Å²) < 4.78 is 18.8. The third kappa shape index (κ3) is 5.81. The largest absolute Gasteiger partial charge is 0.484 e. The lowest BCUT2D eigenvalue weighted by Gasteiger charge is -2.28. The highest BCUT2D eigenvalue weighted by atomic mass is 19.1. The first-order valence-corrected chi connectivity index (χ1v) is 8.76. The molecule has 1 N–H and O–H groups in total. The number of benzene rings is 2. The van der Waals surface area contributed by atoms with Crippen LogP contribution >= 0.6 is 0 Å². The van der Waals surface area contributed by atoms with Gasteiger partial charge in [0.2, 0.25) is 5.91 Å². The van der Waals surface area contributed by atoms with Crippen LogP contribution in [-0.4, -0.2) is 36.4 Å². The van der Waals surface area contributed by atoms with E-state index in [1.807, 2.05) is 32.0 Å². The zero-order valence-corrected chi connectivity index (χ0v) is 16.1. The van der Waals surface area contributed by atoms with E-state index in [2.05, 4.69) is 5.32 Å². The van der Waals surface area contributed by atoms with Crippen molar-refractivity contribution in [3.8, 4) is 5.75 Å². The van der Waals surface area contributed by atoms with Gasteiger partial charge < -0.3 is 15.0 Å². The lowest BCUT2D eigenvalue weighted by atomic mass is 10.1. The highest BCUT2D eigenvalue weighted by Gasteiger charge is 2.25. The van der Waals surface area contributed by atoms with Crippen LogP contribution < -0.4 is 10.1 Å². The van der Waals surface area contributed by atoms with Gasteiger partial charge in [-0.05, 0) is 61.7 Å². The van der Waals surface area contributed by atoms with Gasteiger partial charge in [-0.3, -0.25) is 9.59 Å². The molecular weight excluding hydrogens is 347 g/mol. The molecule has 0 aliphatic heterocycles. The predicted octanol–water partition coefficient (Wildman–Crippen LogP) is 2.98. The minimum Gasteiger partial charge on any atom is -0.484 e. The number of carbonyl (C=O) groups is 2. The van der Waals surface area contributed by atoms with Gasteiger partial charge in [-0.1, -0.05) is 18.2 Å². The predicted molar refractivity (Wildman–Crippen MR) is 102 cm³/mol. The second kappa shape index (κ2) is 9.16. The third-order valence-corrected chi connectivity index (χ3v) is 4.24. The number of ether oxygens (including phenoxy) is 1. The van der Waals surface area contributed by atoms with Crippen molar-refractivity contribution >= 4 is 11.8 Å². The molecule has 5 nitrogen and oxygen atoms in total. The number of nitrogens with one attached hydrogen (secondary N) is 1. The molecule has 0 aliphatic rings. The Hall–Kier alpha value is -2.89. The van der Waals surface area contributed by atoms with Crippen molar-refractivity contribution in [1.82, 2.24) is 10.2 Å². The van der Waals surface area contributed by atoms with Gasteiger partial charge >= 0.3 is 0 Å². The van der Waals surface area contributed by atoms with Gasteiger partial charge in [0.25, 0.3) is 5.91 Å². The van der Waals surface area contributed by atoms with Crippen LogP contribution in [0.3, 0.4) is 0 Å². The number of halogens is 1. The molecule has 0 saturated heterocycles. The fraction of sp³-hybridized carbons (Fsp3) is 0.333. The summed E-state index contributed by atoms with van der Waals surface area (Å²) in [5.74, 6) is -0.351. The Labute approximate surface area is 159 Å². The number of rotatable bonds is 7. The molecule has 0 bridgehead atoms. The van der Waals surface area contributed by atoms with E-state index < -0.39 is 6.04 Å². The van der Waals surface area contributed by atoms with Gasteiger partial charge in [-0.15, -0.1) is 0 Å². The Morgan fingerprint density at radius 3 is 2.26 bits per heavy atom. The van der Waals surface area contributed by atoms with Gasteiger partial charge in [-0.25, -0.2) is 4.39 Å². The minimum atomic E-state index is -0.685. The molecule has 0 fully saturated rings. The Kier molecular flexibility index (Phi) is 6.93. The van der Waals surface area contributed by atoms with E-state index in [1.54, 1.807) is 19.1 Å². The Morgan fingerprint density at radius 1 is 1.11 bits per heavy atom. The summed E-state index contributed by atoms with van der Waals surface area (Å²) in [6, 6.07) is 10.9. The second-order valence-electron chi connectivity index (χ2n) is 6.55. The topological polar surface area (TPSA) is 58.6 Å². The zero-order chi connectivity index (χ0) is 20.0. The molecule has 2 aromatic carbocycles. The van der Waals surface area contributed by atoms with E-state index in [9.17, 15) is 14.0 Å². The summed E-state index contributed by atoms with van der Waals surface area (Å²) in [6.07, 6.45) is 0. The average molecular weight is 372 g/mol. The van der Waals surface area contributed by atoms with Crippen LogP contribution in [0.25, 0.3) is 0 Å². The van der Waals surface area contributed by atoms with E-state index in [4.69, 9.17) is 4.74 Å². The maximum Gasteiger partial charge on any atom is 0.261 e. The van der Waals surface area contributed by atoms with Crippen molar-refractivity contribution in [2.45, 2.75) is 33.4 Å². The first kappa shape index (κ1) is 20.4. The van der Waals surface area contributed by atoms with Crippen molar-refractivity contribution in [2.24, 2.45) is 0 Å². The number of likely N-dealkylation sites (N-methyl/N-ethyl adjacent to an activating group) is 1. The number of hydrogen-bond donors (Lipinski definition) is 1.